The van der Waals surface area contributed by atoms with Crippen molar-refractivity contribution in [3.63, 3.8) is 0 Å². The van der Waals surface area contributed by atoms with Crippen molar-refractivity contribution in [1.82, 2.24) is 4.98 Å². The lowest BCUT2D eigenvalue weighted by Gasteiger charge is -2.09. The molecule has 0 atom stereocenters. The summed E-state index contributed by atoms with van der Waals surface area (Å²) < 4.78 is 31.3. The summed E-state index contributed by atoms with van der Waals surface area (Å²) in [7, 11) is 0. The van der Waals surface area contributed by atoms with Gasteiger partial charge in [0.25, 0.3) is 6.43 Å². The van der Waals surface area contributed by atoms with Gasteiger partial charge < -0.3 is 4.74 Å². The minimum absolute atomic E-state index is 0.0612. The average molecular weight is 420 g/mol. The quantitative estimate of drug-likeness (QED) is 0.426. The van der Waals surface area contributed by atoms with Crippen molar-refractivity contribution in [2.24, 2.45) is 0 Å². The smallest absolute Gasteiger partial charge is 0.311 e. The summed E-state index contributed by atoms with van der Waals surface area (Å²) in [6.45, 7) is 1.88. The molecule has 0 aliphatic rings. The van der Waals surface area contributed by atoms with Gasteiger partial charge in [-0.15, -0.1) is 0 Å². The van der Waals surface area contributed by atoms with Crippen LogP contribution in [0.25, 0.3) is 0 Å². The Labute approximate surface area is 119 Å². The van der Waals surface area contributed by atoms with E-state index in [2.05, 4.69) is 20.9 Å². The SMILES string of the molecule is CCOC(=O)Cc1nc(I)c(Br)cc1C(F)F. The third-order valence-corrected chi connectivity index (χ3v) is 4.07. The van der Waals surface area contributed by atoms with Gasteiger partial charge in [0, 0.05) is 10.0 Å². The monoisotopic (exact) mass is 419 g/mol. The van der Waals surface area contributed by atoms with Gasteiger partial charge in [-0.1, -0.05) is 0 Å². The maximum atomic E-state index is 12.8. The Bertz CT molecular complexity index is 429. The Morgan fingerprint density at radius 3 is 2.82 bits per heavy atom. The van der Waals surface area contributed by atoms with E-state index in [1.54, 1.807) is 6.92 Å². The van der Waals surface area contributed by atoms with Gasteiger partial charge in [-0.25, -0.2) is 13.8 Å². The molecule has 3 nitrogen and oxygen atoms in total. The summed E-state index contributed by atoms with van der Waals surface area (Å²) in [6, 6.07) is 1.29. The van der Waals surface area contributed by atoms with Crippen molar-refractivity contribution in [3.05, 3.63) is 25.5 Å². The highest BCUT2D eigenvalue weighted by Gasteiger charge is 2.19. The molecule has 0 unspecified atom stereocenters. The molecule has 1 aromatic heterocycles. The van der Waals surface area contributed by atoms with Crippen LogP contribution >= 0.6 is 38.5 Å². The number of nitrogens with zero attached hydrogens (tertiary/aromatic N) is 1. The molecule has 0 bridgehead atoms. The van der Waals surface area contributed by atoms with Gasteiger partial charge in [-0.3, -0.25) is 4.79 Å². The fourth-order valence-corrected chi connectivity index (χ4v) is 1.98. The second-order valence-corrected chi connectivity index (χ2v) is 4.96. The van der Waals surface area contributed by atoms with Gasteiger partial charge in [0.15, 0.2) is 0 Å². The molecule has 94 valence electrons. The van der Waals surface area contributed by atoms with E-state index in [1.807, 2.05) is 22.6 Å². The molecule has 0 aliphatic heterocycles. The molecule has 0 aromatic carbocycles. The Kier molecular flexibility index (Phi) is 5.71. The number of hydrogen-bond donors (Lipinski definition) is 0. The molecule has 1 aromatic rings. The first-order valence-electron chi connectivity index (χ1n) is 4.74. The Morgan fingerprint density at radius 1 is 1.65 bits per heavy atom. The molecule has 0 spiro atoms. The molecule has 1 rings (SSSR count). The molecule has 0 amide bonds. The molecule has 0 saturated heterocycles. The molecule has 7 heteroatoms. The lowest BCUT2D eigenvalue weighted by Crippen LogP contribution is -2.12. The maximum absolute atomic E-state index is 12.8. The lowest BCUT2D eigenvalue weighted by atomic mass is 10.1. The average Bonchev–Trinajstić information content (AvgIpc) is 2.23. The highest BCUT2D eigenvalue weighted by Crippen LogP contribution is 2.28. The summed E-state index contributed by atoms with van der Waals surface area (Å²) in [5.74, 6) is -0.556. The Hall–Kier alpha value is -0.310. The topological polar surface area (TPSA) is 39.2 Å². The first kappa shape index (κ1) is 14.7. The number of ether oxygens (including phenoxy) is 1. The number of halogens is 4. The molecular formula is C10H9BrF2INO2. The molecule has 0 radical (unpaired) electrons. The van der Waals surface area contributed by atoms with Crippen LogP contribution in [0, 0.1) is 3.70 Å². The van der Waals surface area contributed by atoms with Gasteiger partial charge in [-0.05, 0) is 51.5 Å². The summed E-state index contributed by atoms with van der Waals surface area (Å²) in [5, 5.41) is 0. The first-order chi connectivity index (χ1) is 7.95. The predicted molar refractivity (Wildman–Crippen MR) is 69.9 cm³/mol. The van der Waals surface area contributed by atoms with Crippen LogP contribution in [-0.4, -0.2) is 17.6 Å². The normalized spacial score (nSPS) is 10.7. The van der Waals surface area contributed by atoms with Crippen molar-refractivity contribution < 1.29 is 18.3 Å². The minimum atomic E-state index is -2.67. The molecular weight excluding hydrogens is 411 g/mol. The van der Waals surface area contributed by atoms with Crippen LogP contribution in [0.15, 0.2) is 10.5 Å². The predicted octanol–water partition coefficient (Wildman–Crippen LogP) is 3.49. The van der Waals surface area contributed by atoms with E-state index in [0.29, 0.717) is 8.17 Å². The van der Waals surface area contributed by atoms with Crippen LogP contribution in [-0.2, 0) is 16.0 Å². The second-order valence-electron chi connectivity index (χ2n) is 3.08. The first-order valence-corrected chi connectivity index (χ1v) is 6.61. The molecule has 0 fully saturated rings. The second kappa shape index (κ2) is 6.58. The van der Waals surface area contributed by atoms with Crippen LogP contribution in [0.2, 0.25) is 0 Å². The van der Waals surface area contributed by atoms with Crippen LogP contribution in [0.3, 0.4) is 0 Å². The molecule has 0 N–H and O–H groups in total. The van der Waals surface area contributed by atoms with E-state index in [1.165, 1.54) is 6.07 Å². The largest absolute Gasteiger partial charge is 0.466 e. The number of alkyl halides is 2. The van der Waals surface area contributed by atoms with Crippen molar-refractivity contribution >= 4 is 44.5 Å². The van der Waals surface area contributed by atoms with Crippen LogP contribution < -0.4 is 0 Å². The number of carbonyl (C=O) groups is 1. The van der Waals surface area contributed by atoms with E-state index in [-0.39, 0.29) is 24.3 Å². The highest BCUT2D eigenvalue weighted by molar-refractivity contribution is 14.1. The fourth-order valence-electron chi connectivity index (χ4n) is 1.20. The van der Waals surface area contributed by atoms with E-state index >= 15 is 0 Å². The molecule has 0 saturated carbocycles. The summed E-state index contributed by atoms with van der Waals surface area (Å²) in [4.78, 5) is 15.2. The number of esters is 1. The molecule has 1 heterocycles. The third kappa shape index (κ3) is 4.13. The summed E-state index contributed by atoms with van der Waals surface area (Å²) >= 11 is 5.03. The van der Waals surface area contributed by atoms with E-state index in [9.17, 15) is 13.6 Å². The lowest BCUT2D eigenvalue weighted by molar-refractivity contribution is -0.142. The van der Waals surface area contributed by atoms with Crippen molar-refractivity contribution in [2.75, 3.05) is 6.61 Å². The van der Waals surface area contributed by atoms with Crippen LogP contribution in [0.1, 0.15) is 24.6 Å². The number of hydrogen-bond acceptors (Lipinski definition) is 3. The Morgan fingerprint density at radius 2 is 2.29 bits per heavy atom. The zero-order chi connectivity index (χ0) is 13.0. The van der Waals surface area contributed by atoms with E-state index in [0.717, 1.165) is 0 Å². The van der Waals surface area contributed by atoms with Gasteiger partial charge in [-0.2, -0.15) is 0 Å². The maximum Gasteiger partial charge on any atom is 0.311 e. The zero-order valence-corrected chi connectivity index (χ0v) is 12.6. The van der Waals surface area contributed by atoms with E-state index < -0.39 is 12.4 Å². The van der Waals surface area contributed by atoms with E-state index in [4.69, 9.17) is 4.74 Å². The third-order valence-electron chi connectivity index (χ3n) is 1.90. The number of pyridine rings is 1. The van der Waals surface area contributed by atoms with Crippen LogP contribution in [0.4, 0.5) is 8.78 Å². The summed E-state index contributed by atoms with van der Waals surface area (Å²) in [6.07, 6.45) is -2.91. The summed E-state index contributed by atoms with van der Waals surface area (Å²) in [5.41, 5.74) is -0.184. The van der Waals surface area contributed by atoms with Gasteiger partial charge in [0.05, 0.1) is 18.7 Å². The number of aromatic nitrogens is 1. The zero-order valence-electron chi connectivity index (χ0n) is 8.84. The number of rotatable bonds is 4. The highest BCUT2D eigenvalue weighted by atomic mass is 127. The Balaban J connectivity index is 3.04. The number of carbonyl (C=O) groups excluding carboxylic acids is 1. The van der Waals surface area contributed by atoms with Gasteiger partial charge in [0.2, 0.25) is 0 Å². The fraction of sp³-hybridized carbons (Fsp3) is 0.400. The minimum Gasteiger partial charge on any atom is -0.466 e. The van der Waals surface area contributed by atoms with Crippen LogP contribution in [0.5, 0.6) is 0 Å². The van der Waals surface area contributed by atoms with Gasteiger partial charge in [0.1, 0.15) is 3.70 Å². The molecule has 0 aliphatic carbocycles. The standard InChI is InChI=1S/C10H9BrF2INO2/c1-2-17-8(16)4-7-5(9(12)13)3-6(11)10(14)15-7/h3,9H,2,4H2,1H3. The van der Waals surface area contributed by atoms with Crippen molar-refractivity contribution in [2.45, 2.75) is 19.8 Å². The van der Waals surface area contributed by atoms with Gasteiger partial charge >= 0.3 is 5.97 Å². The van der Waals surface area contributed by atoms with Crippen molar-refractivity contribution in [1.29, 1.82) is 0 Å². The molecule has 17 heavy (non-hydrogen) atoms. The van der Waals surface area contributed by atoms with Crippen molar-refractivity contribution in [3.8, 4) is 0 Å².